The standard InChI is InChI=1S/C10H30O8Si4/c1-11-21(10,12-2)17-19(6,7)16-20(8,9)18-22(13-3,14-4)15-5/h1-10H3. The normalized spacial score (nSPS) is 14.5. The third kappa shape index (κ3) is 6.98. The second-order valence-electron chi connectivity index (χ2n) is 5.49. The summed E-state index contributed by atoms with van der Waals surface area (Å²) in [5.41, 5.74) is 0. The van der Waals surface area contributed by atoms with Gasteiger partial charge in [0.2, 0.25) is 0 Å². The van der Waals surface area contributed by atoms with E-state index >= 15 is 0 Å². The number of rotatable bonds is 11. The molecule has 0 radical (unpaired) electrons. The minimum absolute atomic E-state index is 1.49. The van der Waals surface area contributed by atoms with E-state index in [2.05, 4.69) is 0 Å². The van der Waals surface area contributed by atoms with Gasteiger partial charge in [-0.1, -0.05) is 0 Å². The molecular weight excluding hydrogens is 360 g/mol. The molecule has 0 spiro atoms. The molecule has 134 valence electrons. The van der Waals surface area contributed by atoms with E-state index in [4.69, 9.17) is 34.5 Å². The molecule has 0 N–H and O–H groups in total. The summed E-state index contributed by atoms with van der Waals surface area (Å²) in [6.45, 7) is 9.44. The van der Waals surface area contributed by atoms with E-state index in [1.165, 1.54) is 21.3 Å². The largest absolute Gasteiger partial charge is 0.669 e. The quantitative estimate of drug-likeness (QED) is 0.493. The zero-order chi connectivity index (χ0) is 17.7. The third-order valence-corrected chi connectivity index (χ3v) is 16.1. The van der Waals surface area contributed by atoms with Crippen molar-refractivity contribution in [1.82, 2.24) is 0 Å². The van der Waals surface area contributed by atoms with Crippen LogP contribution in [0.2, 0.25) is 32.7 Å². The third-order valence-electron chi connectivity index (χ3n) is 2.79. The van der Waals surface area contributed by atoms with Gasteiger partial charge in [-0.15, -0.1) is 0 Å². The lowest BCUT2D eigenvalue weighted by Crippen LogP contribution is -2.60. The molecule has 0 heterocycles. The first kappa shape index (κ1) is 22.5. The Kier molecular flexibility index (Phi) is 8.80. The Morgan fingerprint density at radius 1 is 0.455 bits per heavy atom. The molecule has 0 atom stereocenters. The second-order valence-corrected chi connectivity index (χ2v) is 18.3. The minimum atomic E-state index is -3.18. The van der Waals surface area contributed by atoms with Gasteiger partial charge in [-0.05, 0) is 26.2 Å². The summed E-state index contributed by atoms with van der Waals surface area (Å²) >= 11 is 0. The van der Waals surface area contributed by atoms with Crippen LogP contribution in [-0.4, -0.2) is 70.5 Å². The van der Waals surface area contributed by atoms with Gasteiger partial charge in [0.05, 0.1) is 0 Å². The van der Waals surface area contributed by atoms with Gasteiger partial charge in [0, 0.05) is 42.1 Å². The fourth-order valence-corrected chi connectivity index (χ4v) is 16.1. The first-order valence-corrected chi connectivity index (χ1v) is 16.3. The Bertz CT molecular complexity index is 325. The van der Waals surface area contributed by atoms with Crippen molar-refractivity contribution in [1.29, 1.82) is 0 Å². The van der Waals surface area contributed by atoms with Crippen molar-refractivity contribution < 1.29 is 34.5 Å². The first-order valence-electron chi connectivity index (χ1n) is 6.79. The summed E-state index contributed by atoms with van der Waals surface area (Å²) < 4.78 is 44.8. The fourth-order valence-electron chi connectivity index (χ4n) is 1.92. The van der Waals surface area contributed by atoms with Crippen molar-refractivity contribution in [2.24, 2.45) is 0 Å². The molecule has 22 heavy (non-hydrogen) atoms. The second kappa shape index (κ2) is 8.59. The molecule has 0 aliphatic rings. The lowest BCUT2D eigenvalue weighted by Gasteiger charge is -2.39. The maximum absolute atomic E-state index is 6.19. The Morgan fingerprint density at radius 2 is 0.818 bits per heavy atom. The summed E-state index contributed by atoms with van der Waals surface area (Å²) in [6.07, 6.45) is 0. The van der Waals surface area contributed by atoms with Gasteiger partial charge in [-0.2, -0.15) is 0 Å². The molecule has 0 aliphatic heterocycles. The lowest BCUT2D eigenvalue weighted by molar-refractivity contribution is 0.0400. The number of hydrogen-bond acceptors (Lipinski definition) is 8. The number of hydrogen-bond donors (Lipinski definition) is 0. The van der Waals surface area contributed by atoms with E-state index in [-0.39, 0.29) is 0 Å². The summed E-state index contributed by atoms with van der Waals surface area (Å²) in [5.74, 6) is 0. The molecule has 0 bridgehead atoms. The van der Waals surface area contributed by atoms with Gasteiger partial charge in [0.15, 0.2) is 0 Å². The van der Waals surface area contributed by atoms with Crippen LogP contribution in [-0.2, 0) is 34.5 Å². The molecule has 8 nitrogen and oxygen atoms in total. The van der Waals surface area contributed by atoms with E-state index < -0.39 is 35.0 Å². The van der Waals surface area contributed by atoms with Crippen molar-refractivity contribution in [2.45, 2.75) is 32.7 Å². The van der Waals surface area contributed by atoms with E-state index in [1.54, 1.807) is 14.2 Å². The molecule has 0 aromatic heterocycles. The van der Waals surface area contributed by atoms with Gasteiger partial charge < -0.3 is 34.5 Å². The lowest BCUT2D eigenvalue weighted by atomic mass is 11.8. The highest BCUT2D eigenvalue weighted by atomic mass is 28.5. The maximum atomic E-state index is 6.19. The molecule has 0 saturated carbocycles. The summed E-state index contributed by atoms with van der Waals surface area (Å²) in [4.78, 5) is 0. The molecule has 0 amide bonds. The zero-order valence-electron chi connectivity index (χ0n) is 15.3. The Hall–Kier alpha value is 0.548. The zero-order valence-corrected chi connectivity index (χ0v) is 19.3. The molecule has 0 saturated heterocycles. The molecule has 0 aromatic rings. The van der Waals surface area contributed by atoms with Crippen LogP contribution in [0.3, 0.4) is 0 Å². The first-order chi connectivity index (χ1) is 9.92. The molecule has 12 heteroatoms. The van der Waals surface area contributed by atoms with Gasteiger partial charge in [-0.25, -0.2) is 0 Å². The highest BCUT2D eigenvalue weighted by molar-refractivity contribution is 6.85. The van der Waals surface area contributed by atoms with E-state index in [1.807, 2.05) is 32.7 Å². The van der Waals surface area contributed by atoms with Crippen LogP contribution < -0.4 is 0 Å². The molecule has 0 rings (SSSR count). The molecule has 0 fully saturated rings. The Labute approximate surface area is 138 Å². The Balaban J connectivity index is 5.01. The van der Waals surface area contributed by atoms with Crippen LogP contribution in [0.25, 0.3) is 0 Å². The monoisotopic (exact) mass is 390 g/mol. The van der Waals surface area contributed by atoms with E-state index in [0.29, 0.717) is 0 Å². The van der Waals surface area contributed by atoms with Crippen molar-refractivity contribution in [3.63, 3.8) is 0 Å². The molecule has 0 aliphatic carbocycles. The van der Waals surface area contributed by atoms with Crippen molar-refractivity contribution in [3.8, 4) is 0 Å². The van der Waals surface area contributed by atoms with Crippen LogP contribution in [0.15, 0.2) is 0 Å². The maximum Gasteiger partial charge on any atom is 0.669 e. The van der Waals surface area contributed by atoms with Crippen LogP contribution in [0.4, 0.5) is 0 Å². The van der Waals surface area contributed by atoms with Crippen LogP contribution in [0, 0.1) is 0 Å². The molecular formula is C10H30O8Si4. The highest BCUT2D eigenvalue weighted by Gasteiger charge is 2.52. The summed E-state index contributed by atoms with van der Waals surface area (Å²) in [7, 11) is -3.45. The van der Waals surface area contributed by atoms with E-state index in [9.17, 15) is 0 Å². The topological polar surface area (TPSA) is 73.8 Å². The van der Waals surface area contributed by atoms with Crippen molar-refractivity contribution in [3.05, 3.63) is 0 Å². The van der Waals surface area contributed by atoms with Gasteiger partial charge >= 0.3 is 35.0 Å². The van der Waals surface area contributed by atoms with Gasteiger partial charge in [0.1, 0.15) is 0 Å². The summed E-state index contributed by atoms with van der Waals surface area (Å²) in [5, 5.41) is 0. The van der Waals surface area contributed by atoms with E-state index in [0.717, 1.165) is 0 Å². The predicted octanol–water partition coefficient (Wildman–Crippen LogP) is 1.68. The Morgan fingerprint density at radius 3 is 1.14 bits per heavy atom. The average molecular weight is 391 g/mol. The predicted molar refractivity (Wildman–Crippen MR) is 90.6 cm³/mol. The highest BCUT2D eigenvalue weighted by Crippen LogP contribution is 2.24. The van der Waals surface area contributed by atoms with Gasteiger partial charge in [-0.3, -0.25) is 0 Å². The molecule has 0 unspecified atom stereocenters. The van der Waals surface area contributed by atoms with Crippen LogP contribution >= 0.6 is 0 Å². The smallest absolute Gasteiger partial charge is 0.416 e. The SMILES string of the molecule is CO[Si](C)(OC)O[Si](C)(C)O[Si](C)(C)O[Si](OC)(OC)OC. The van der Waals surface area contributed by atoms with Crippen LogP contribution in [0.1, 0.15) is 0 Å². The molecule has 0 aromatic carbocycles. The minimum Gasteiger partial charge on any atom is -0.416 e. The van der Waals surface area contributed by atoms with Crippen molar-refractivity contribution >= 4 is 35.0 Å². The van der Waals surface area contributed by atoms with Crippen molar-refractivity contribution in [2.75, 3.05) is 35.5 Å². The fraction of sp³-hybridized carbons (Fsp3) is 1.00. The summed E-state index contributed by atoms with van der Waals surface area (Å²) in [6, 6.07) is 0. The average Bonchev–Trinajstić information content (AvgIpc) is 2.43. The van der Waals surface area contributed by atoms with Crippen LogP contribution in [0.5, 0.6) is 0 Å². The van der Waals surface area contributed by atoms with Gasteiger partial charge in [0.25, 0.3) is 0 Å².